The van der Waals surface area contributed by atoms with Gasteiger partial charge < -0.3 is 9.64 Å². The van der Waals surface area contributed by atoms with Gasteiger partial charge in [-0.1, -0.05) is 25.1 Å². The third-order valence-corrected chi connectivity index (χ3v) is 3.65. The van der Waals surface area contributed by atoms with Crippen LogP contribution in [0.4, 0.5) is 18.9 Å². The molecule has 0 aliphatic rings. The second-order valence-corrected chi connectivity index (χ2v) is 5.36. The van der Waals surface area contributed by atoms with Gasteiger partial charge in [0.05, 0.1) is 11.8 Å². The zero-order chi connectivity index (χ0) is 17.2. The van der Waals surface area contributed by atoms with Gasteiger partial charge in [0.1, 0.15) is 5.75 Å². The molecule has 2 rings (SSSR count). The number of rotatable bonds is 4. The summed E-state index contributed by atoms with van der Waals surface area (Å²) >= 11 is 0. The Hall–Kier alpha value is -2.24. The summed E-state index contributed by atoms with van der Waals surface area (Å²) in [5, 5.41) is 1.27. The van der Waals surface area contributed by atoms with Crippen LogP contribution in [0.3, 0.4) is 0 Å². The van der Waals surface area contributed by atoms with Gasteiger partial charge in [-0.25, -0.2) is 0 Å². The molecule has 0 aromatic heterocycles. The van der Waals surface area contributed by atoms with Crippen LogP contribution in [0.5, 0.6) is 5.75 Å². The predicted octanol–water partition coefficient (Wildman–Crippen LogP) is 4.54. The third-order valence-electron chi connectivity index (χ3n) is 3.65. The number of amides is 1. The van der Waals surface area contributed by atoms with Gasteiger partial charge in [-0.2, -0.15) is 13.2 Å². The van der Waals surface area contributed by atoms with Gasteiger partial charge in [0.15, 0.2) is 0 Å². The van der Waals surface area contributed by atoms with Crippen LogP contribution in [0.1, 0.15) is 20.3 Å². The molecule has 2 aromatic rings. The van der Waals surface area contributed by atoms with Crippen LogP contribution in [-0.2, 0) is 4.79 Å². The first-order valence-corrected chi connectivity index (χ1v) is 7.28. The van der Waals surface area contributed by atoms with Crippen LogP contribution < -0.4 is 9.64 Å². The minimum Gasteiger partial charge on any atom is -0.491 e. The standard InChI is InChI=1S/C17H18F3NO2/c1-4-11(2)23-13-9-8-12-6-5-7-15(14(12)10-13)21(3)16(22)17(18,19)20/h5-11H,4H2,1-3H3/t11-/m0/s1. The highest BCUT2D eigenvalue weighted by Crippen LogP contribution is 2.32. The molecule has 0 bridgehead atoms. The summed E-state index contributed by atoms with van der Waals surface area (Å²) in [6.45, 7) is 3.89. The number of alkyl halides is 3. The Morgan fingerprint density at radius 3 is 2.57 bits per heavy atom. The molecule has 0 aliphatic heterocycles. The fourth-order valence-electron chi connectivity index (χ4n) is 2.22. The Labute approximate surface area is 132 Å². The molecular weight excluding hydrogens is 307 g/mol. The number of benzene rings is 2. The maximum Gasteiger partial charge on any atom is 0.471 e. The Morgan fingerprint density at radius 1 is 1.26 bits per heavy atom. The molecular formula is C17H18F3NO2. The van der Waals surface area contributed by atoms with Crippen LogP contribution in [0.15, 0.2) is 36.4 Å². The van der Waals surface area contributed by atoms with E-state index < -0.39 is 12.1 Å². The SMILES string of the molecule is CC[C@H](C)Oc1ccc2cccc(N(C)C(=O)C(F)(F)F)c2c1. The molecule has 0 radical (unpaired) electrons. The van der Waals surface area contributed by atoms with Gasteiger partial charge in [-0.15, -0.1) is 0 Å². The van der Waals surface area contributed by atoms with Crippen molar-refractivity contribution in [1.82, 2.24) is 0 Å². The second kappa shape index (κ2) is 6.48. The lowest BCUT2D eigenvalue weighted by Crippen LogP contribution is -2.38. The molecule has 124 valence electrons. The van der Waals surface area contributed by atoms with Crippen molar-refractivity contribution in [3.05, 3.63) is 36.4 Å². The van der Waals surface area contributed by atoms with Crippen molar-refractivity contribution in [3.63, 3.8) is 0 Å². The molecule has 0 saturated carbocycles. The monoisotopic (exact) mass is 325 g/mol. The lowest BCUT2D eigenvalue weighted by Gasteiger charge is -2.21. The molecule has 0 saturated heterocycles. The van der Waals surface area contributed by atoms with Crippen LogP contribution in [0.2, 0.25) is 0 Å². The molecule has 0 spiro atoms. The molecule has 3 nitrogen and oxygen atoms in total. The van der Waals surface area contributed by atoms with E-state index >= 15 is 0 Å². The number of carbonyl (C=O) groups is 1. The molecule has 1 amide bonds. The van der Waals surface area contributed by atoms with Crippen molar-refractivity contribution in [1.29, 1.82) is 0 Å². The van der Waals surface area contributed by atoms with Gasteiger partial charge in [0, 0.05) is 12.4 Å². The van der Waals surface area contributed by atoms with E-state index in [2.05, 4.69) is 0 Å². The quantitative estimate of drug-likeness (QED) is 0.826. The summed E-state index contributed by atoms with van der Waals surface area (Å²) in [5.74, 6) is -1.34. The Kier molecular flexibility index (Phi) is 4.82. The van der Waals surface area contributed by atoms with E-state index in [1.54, 1.807) is 30.3 Å². The number of fused-ring (bicyclic) bond motifs is 1. The minimum atomic E-state index is -4.91. The van der Waals surface area contributed by atoms with Crippen molar-refractivity contribution in [2.24, 2.45) is 0 Å². The normalized spacial score (nSPS) is 13.0. The summed E-state index contributed by atoms with van der Waals surface area (Å²) in [5.41, 5.74) is 0.194. The van der Waals surface area contributed by atoms with Crippen molar-refractivity contribution in [2.45, 2.75) is 32.5 Å². The fraction of sp³-hybridized carbons (Fsp3) is 0.353. The highest BCUT2D eigenvalue weighted by molar-refractivity contribution is 6.05. The number of hydrogen-bond acceptors (Lipinski definition) is 2. The second-order valence-electron chi connectivity index (χ2n) is 5.36. The van der Waals surface area contributed by atoms with Crippen LogP contribution in [0, 0.1) is 0 Å². The molecule has 0 fully saturated rings. The number of carbonyl (C=O) groups excluding carboxylic acids is 1. The summed E-state index contributed by atoms with van der Waals surface area (Å²) in [4.78, 5) is 12.1. The lowest BCUT2D eigenvalue weighted by molar-refractivity contribution is -0.170. The highest BCUT2D eigenvalue weighted by atomic mass is 19.4. The lowest BCUT2D eigenvalue weighted by atomic mass is 10.1. The topological polar surface area (TPSA) is 29.5 Å². The average molecular weight is 325 g/mol. The van der Waals surface area contributed by atoms with E-state index in [1.165, 1.54) is 6.07 Å². The molecule has 0 heterocycles. The Morgan fingerprint density at radius 2 is 1.96 bits per heavy atom. The van der Waals surface area contributed by atoms with Crippen LogP contribution in [0.25, 0.3) is 10.8 Å². The van der Waals surface area contributed by atoms with E-state index in [1.807, 2.05) is 13.8 Å². The molecule has 0 unspecified atom stereocenters. The Balaban J connectivity index is 2.47. The predicted molar refractivity (Wildman–Crippen MR) is 83.8 cm³/mol. The molecule has 0 aliphatic carbocycles. The van der Waals surface area contributed by atoms with E-state index in [-0.39, 0.29) is 11.8 Å². The number of anilines is 1. The maximum absolute atomic E-state index is 12.7. The molecule has 23 heavy (non-hydrogen) atoms. The van der Waals surface area contributed by atoms with Gasteiger partial charge in [0.2, 0.25) is 0 Å². The van der Waals surface area contributed by atoms with Gasteiger partial charge in [0.25, 0.3) is 0 Å². The summed E-state index contributed by atoms with van der Waals surface area (Å²) < 4.78 is 43.7. The number of halogens is 3. The molecule has 6 heteroatoms. The number of ether oxygens (including phenoxy) is 1. The van der Waals surface area contributed by atoms with Crippen molar-refractivity contribution in [3.8, 4) is 5.75 Å². The van der Waals surface area contributed by atoms with E-state index in [0.717, 1.165) is 18.9 Å². The van der Waals surface area contributed by atoms with Crippen molar-refractivity contribution >= 4 is 22.4 Å². The largest absolute Gasteiger partial charge is 0.491 e. The van der Waals surface area contributed by atoms with Crippen molar-refractivity contribution in [2.75, 3.05) is 11.9 Å². The van der Waals surface area contributed by atoms with E-state index in [4.69, 9.17) is 4.74 Å². The molecule has 1 atom stereocenters. The van der Waals surface area contributed by atoms with E-state index in [0.29, 0.717) is 16.0 Å². The average Bonchev–Trinajstić information content (AvgIpc) is 2.51. The van der Waals surface area contributed by atoms with Crippen LogP contribution >= 0.6 is 0 Å². The maximum atomic E-state index is 12.7. The third kappa shape index (κ3) is 3.75. The first-order valence-electron chi connectivity index (χ1n) is 7.28. The first kappa shape index (κ1) is 17.1. The van der Waals surface area contributed by atoms with E-state index in [9.17, 15) is 18.0 Å². The summed E-state index contributed by atoms with van der Waals surface area (Å²) in [6.07, 6.45) is -4.11. The fourth-order valence-corrected chi connectivity index (χ4v) is 2.22. The van der Waals surface area contributed by atoms with Gasteiger partial charge in [-0.3, -0.25) is 4.79 Å². The zero-order valence-corrected chi connectivity index (χ0v) is 13.1. The molecule has 2 aromatic carbocycles. The Bertz CT molecular complexity index is 713. The highest BCUT2D eigenvalue weighted by Gasteiger charge is 2.42. The van der Waals surface area contributed by atoms with Crippen LogP contribution in [-0.4, -0.2) is 25.2 Å². The first-order chi connectivity index (χ1) is 10.7. The van der Waals surface area contributed by atoms with Gasteiger partial charge >= 0.3 is 12.1 Å². The van der Waals surface area contributed by atoms with Gasteiger partial charge in [-0.05, 0) is 36.9 Å². The minimum absolute atomic E-state index is 0.00542. The molecule has 0 N–H and O–H groups in total. The number of hydrogen-bond donors (Lipinski definition) is 0. The number of nitrogens with zero attached hydrogens (tertiary/aromatic N) is 1. The zero-order valence-electron chi connectivity index (χ0n) is 13.1. The summed E-state index contributed by atoms with van der Waals surface area (Å²) in [6, 6.07) is 10.1. The smallest absolute Gasteiger partial charge is 0.471 e. The summed E-state index contributed by atoms with van der Waals surface area (Å²) in [7, 11) is 1.12. The van der Waals surface area contributed by atoms with Crippen molar-refractivity contribution < 1.29 is 22.7 Å².